The van der Waals surface area contributed by atoms with Crippen LogP contribution in [0.2, 0.25) is 0 Å². The monoisotopic (exact) mass is 362 g/mol. The van der Waals surface area contributed by atoms with Crippen molar-refractivity contribution in [2.45, 2.75) is 13.1 Å². The van der Waals surface area contributed by atoms with Crippen molar-refractivity contribution in [3.63, 3.8) is 0 Å². The predicted octanol–water partition coefficient (Wildman–Crippen LogP) is 3.01. The molecular formula is C18H20F2N4O2. The van der Waals surface area contributed by atoms with Crippen molar-refractivity contribution < 1.29 is 18.3 Å². The number of carbonyl (C=O) groups excluding carboxylic acids is 1. The number of aliphatic imine (C=N–C) groups is 1. The van der Waals surface area contributed by atoms with Gasteiger partial charge in [0.1, 0.15) is 11.6 Å². The molecule has 0 saturated heterocycles. The maximum absolute atomic E-state index is 13.6. The molecule has 1 amide bonds. The molecule has 0 aliphatic rings. The first-order valence-electron chi connectivity index (χ1n) is 7.84. The predicted molar refractivity (Wildman–Crippen MR) is 95.9 cm³/mol. The van der Waals surface area contributed by atoms with E-state index in [-0.39, 0.29) is 12.1 Å². The minimum Gasteiger partial charge on any atom is -0.453 e. The van der Waals surface area contributed by atoms with Gasteiger partial charge in [-0.15, -0.1) is 0 Å². The smallest absolute Gasteiger partial charge is 0.411 e. The summed E-state index contributed by atoms with van der Waals surface area (Å²) in [6, 6.07) is 10.5. The fourth-order valence-electron chi connectivity index (χ4n) is 2.14. The molecule has 0 saturated carbocycles. The van der Waals surface area contributed by atoms with Crippen molar-refractivity contribution in [2.24, 2.45) is 4.99 Å². The standard InChI is InChI=1S/C18H20F2N4O2/c1-21-17(23-11-13-9-14(19)5-8-16(13)20)22-10-12-3-6-15(7-4-12)24-18(25)26-2/h3-9H,10-11H2,1-2H3,(H,24,25)(H2,21,22,23). The zero-order valence-corrected chi connectivity index (χ0v) is 14.5. The molecule has 0 aromatic heterocycles. The third-order valence-corrected chi connectivity index (χ3v) is 3.52. The first kappa shape index (κ1) is 19.2. The van der Waals surface area contributed by atoms with E-state index in [2.05, 4.69) is 25.7 Å². The van der Waals surface area contributed by atoms with Crippen LogP contribution in [-0.4, -0.2) is 26.2 Å². The Morgan fingerprint density at radius 2 is 1.77 bits per heavy atom. The Kier molecular flexibility index (Phi) is 6.90. The Hall–Kier alpha value is -3.16. The number of methoxy groups -OCH3 is 1. The minimum absolute atomic E-state index is 0.102. The van der Waals surface area contributed by atoms with Gasteiger partial charge in [0.05, 0.1) is 7.11 Å². The summed E-state index contributed by atoms with van der Waals surface area (Å²) in [6.45, 7) is 0.565. The maximum atomic E-state index is 13.6. The molecule has 2 rings (SSSR count). The van der Waals surface area contributed by atoms with Gasteiger partial charge in [-0.3, -0.25) is 10.3 Å². The van der Waals surface area contributed by atoms with Gasteiger partial charge in [-0.1, -0.05) is 12.1 Å². The molecule has 8 heteroatoms. The number of hydrogen-bond donors (Lipinski definition) is 3. The first-order valence-corrected chi connectivity index (χ1v) is 7.84. The molecule has 0 fully saturated rings. The van der Waals surface area contributed by atoms with Crippen LogP contribution in [-0.2, 0) is 17.8 Å². The van der Waals surface area contributed by atoms with E-state index in [4.69, 9.17) is 0 Å². The molecule has 0 atom stereocenters. The van der Waals surface area contributed by atoms with Crippen molar-refractivity contribution in [3.05, 3.63) is 65.2 Å². The number of benzene rings is 2. The lowest BCUT2D eigenvalue weighted by Crippen LogP contribution is -2.36. The average molecular weight is 362 g/mol. The largest absolute Gasteiger partial charge is 0.453 e. The number of halogens is 2. The normalized spacial score (nSPS) is 11.0. The van der Waals surface area contributed by atoms with E-state index in [1.807, 2.05) is 12.1 Å². The molecule has 6 nitrogen and oxygen atoms in total. The molecule has 2 aromatic carbocycles. The van der Waals surface area contributed by atoms with Crippen LogP contribution in [0.15, 0.2) is 47.5 Å². The Labute approximate surface area is 150 Å². The Balaban J connectivity index is 1.86. The molecule has 0 bridgehead atoms. The summed E-state index contributed by atoms with van der Waals surface area (Å²) in [5.74, 6) is -0.528. The van der Waals surface area contributed by atoms with Gasteiger partial charge >= 0.3 is 6.09 Å². The van der Waals surface area contributed by atoms with E-state index in [9.17, 15) is 13.6 Å². The van der Waals surface area contributed by atoms with E-state index >= 15 is 0 Å². The van der Waals surface area contributed by atoms with Crippen molar-refractivity contribution in [2.75, 3.05) is 19.5 Å². The van der Waals surface area contributed by atoms with Crippen LogP contribution in [0, 0.1) is 11.6 Å². The van der Waals surface area contributed by atoms with E-state index in [1.165, 1.54) is 7.11 Å². The van der Waals surface area contributed by atoms with Gasteiger partial charge in [0.15, 0.2) is 5.96 Å². The van der Waals surface area contributed by atoms with Crippen molar-refractivity contribution in [3.8, 4) is 0 Å². The third-order valence-electron chi connectivity index (χ3n) is 3.52. The quantitative estimate of drug-likeness (QED) is 0.565. The summed E-state index contributed by atoms with van der Waals surface area (Å²) in [4.78, 5) is 15.2. The number of nitrogens with zero attached hydrogens (tertiary/aromatic N) is 1. The summed E-state index contributed by atoms with van der Waals surface area (Å²) >= 11 is 0. The lowest BCUT2D eigenvalue weighted by molar-refractivity contribution is 0.187. The number of carbonyl (C=O) groups is 1. The summed E-state index contributed by atoms with van der Waals surface area (Å²) in [5, 5.41) is 8.56. The third kappa shape index (κ3) is 5.73. The highest BCUT2D eigenvalue weighted by Gasteiger charge is 2.06. The number of rotatable bonds is 5. The molecule has 26 heavy (non-hydrogen) atoms. The average Bonchev–Trinajstić information content (AvgIpc) is 2.65. The van der Waals surface area contributed by atoms with Gasteiger partial charge < -0.3 is 15.4 Å². The van der Waals surface area contributed by atoms with Crippen LogP contribution in [0.4, 0.5) is 19.3 Å². The van der Waals surface area contributed by atoms with Crippen LogP contribution >= 0.6 is 0 Å². The number of ether oxygens (including phenoxy) is 1. The zero-order valence-electron chi connectivity index (χ0n) is 14.5. The fraction of sp³-hybridized carbons (Fsp3) is 0.222. The number of nitrogens with one attached hydrogen (secondary N) is 3. The Morgan fingerprint density at radius 3 is 2.42 bits per heavy atom. The second-order valence-corrected chi connectivity index (χ2v) is 5.33. The second-order valence-electron chi connectivity index (χ2n) is 5.33. The van der Waals surface area contributed by atoms with Crippen LogP contribution in [0.25, 0.3) is 0 Å². The molecule has 0 unspecified atom stereocenters. The zero-order chi connectivity index (χ0) is 18.9. The van der Waals surface area contributed by atoms with E-state index in [0.29, 0.717) is 18.2 Å². The van der Waals surface area contributed by atoms with Gasteiger partial charge in [-0.05, 0) is 35.9 Å². The van der Waals surface area contributed by atoms with E-state index in [1.54, 1.807) is 19.2 Å². The Bertz CT molecular complexity index is 779. The first-order chi connectivity index (χ1) is 12.5. The van der Waals surface area contributed by atoms with Gasteiger partial charge in [0.2, 0.25) is 0 Å². The second kappa shape index (κ2) is 9.36. The maximum Gasteiger partial charge on any atom is 0.411 e. The lowest BCUT2D eigenvalue weighted by Gasteiger charge is -2.13. The van der Waals surface area contributed by atoms with Crippen LogP contribution < -0.4 is 16.0 Å². The Morgan fingerprint density at radius 1 is 1.08 bits per heavy atom. The van der Waals surface area contributed by atoms with E-state index in [0.717, 1.165) is 23.8 Å². The highest BCUT2D eigenvalue weighted by atomic mass is 19.1. The molecule has 0 radical (unpaired) electrons. The van der Waals surface area contributed by atoms with E-state index < -0.39 is 17.7 Å². The summed E-state index contributed by atoms with van der Waals surface area (Å²) in [7, 11) is 2.88. The number of anilines is 1. The molecule has 0 heterocycles. The summed E-state index contributed by atoms with van der Waals surface area (Å²) < 4.78 is 31.3. The molecular weight excluding hydrogens is 342 g/mol. The van der Waals surface area contributed by atoms with Gasteiger partial charge in [-0.25, -0.2) is 13.6 Å². The van der Waals surface area contributed by atoms with Crippen LogP contribution in [0.5, 0.6) is 0 Å². The van der Waals surface area contributed by atoms with Gasteiger partial charge in [-0.2, -0.15) is 0 Å². The summed E-state index contributed by atoms with van der Waals surface area (Å²) in [5.41, 5.74) is 1.77. The molecule has 0 aliphatic heterocycles. The van der Waals surface area contributed by atoms with Crippen molar-refractivity contribution >= 4 is 17.7 Å². The minimum atomic E-state index is -0.537. The SMILES string of the molecule is CN=C(NCc1ccc(NC(=O)OC)cc1)NCc1cc(F)ccc1F. The molecule has 2 aromatic rings. The number of amides is 1. The number of hydrogen-bond acceptors (Lipinski definition) is 3. The van der Waals surface area contributed by atoms with Crippen LogP contribution in [0.1, 0.15) is 11.1 Å². The fourth-order valence-corrected chi connectivity index (χ4v) is 2.14. The van der Waals surface area contributed by atoms with Crippen LogP contribution in [0.3, 0.4) is 0 Å². The topological polar surface area (TPSA) is 74.8 Å². The highest BCUT2D eigenvalue weighted by Crippen LogP contribution is 2.10. The molecule has 0 spiro atoms. The molecule has 0 aliphatic carbocycles. The molecule has 138 valence electrons. The summed E-state index contributed by atoms with van der Waals surface area (Å²) in [6.07, 6.45) is -0.537. The van der Waals surface area contributed by atoms with Crippen molar-refractivity contribution in [1.82, 2.24) is 10.6 Å². The van der Waals surface area contributed by atoms with Gasteiger partial charge in [0.25, 0.3) is 0 Å². The van der Waals surface area contributed by atoms with Crippen molar-refractivity contribution in [1.29, 1.82) is 0 Å². The number of guanidine groups is 1. The molecule has 3 N–H and O–H groups in total. The van der Waals surface area contributed by atoms with Gasteiger partial charge in [0, 0.05) is 31.4 Å². The lowest BCUT2D eigenvalue weighted by atomic mass is 10.2. The highest BCUT2D eigenvalue weighted by molar-refractivity contribution is 5.84.